The number of aromatic nitrogens is 5. The van der Waals surface area contributed by atoms with Crippen LogP contribution in [0.15, 0.2) is 9.59 Å². The maximum Gasteiger partial charge on any atom is 0.336 e. The molecule has 2 aromatic heterocycles. The number of hydrogen-bond donors (Lipinski definition) is 1. The molecule has 3 heterocycles. The molecule has 1 fully saturated rings. The molecule has 3 rings (SSSR count). The fraction of sp³-hybridized carbons (Fsp3) is 0.615. The van der Waals surface area contributed by atoms with E-state index in [1.807, 2.05) is 0 Å². The SMILES string of the molecule is Cn1c(=O)c2nc(OCCN3CCNCC3)nnc2n(C)c1=O. The van der Waals surface area contributed by atoms with Crippen LogP contribution in [-0.4, -0.2) is 68.5 Å². The Labute approximate surface area is 131 Å². The molecule has 23 heavy (non-hydrogen) atoms. The number of nitrogens with one attached hydrogen (secondary N) is 1. The number of rotatable bonds is 4. The van der Waals surface area contributed by atoms with Gasteiger partial charge in [-0.05, 0) is 0 Å². The normalized spacial score (nSPS) is 15.9. The largest absolute Gasteiger partial charge is 0.461 e. The molecule has 0 amide bonds. The first-order valence-electron chi connectivity index (χ1n) is 7.44. The summed E-state index contributed by atoms with van der Waals surface area (Å²) in [5.74, 6) is 0. The van der Waals surface area contributed by atoms with E-state index in [0.29, 0.717) is 6.61 Å². The highest BCUT2D eigenvalue weighted by atomic mass is 16.5. The first-order chi connectivity index (χ1) is 11.1. The van der Waals surface area contributed by atoms with Crippen LogP contribution in [0.2, 0.25) is 0 Å². The second kappa shape index (κ2) is 6.42. The number of piperazine rings is 1. The number of ether oxygens (including phenoxy) is 1. The highest BCUT2D eigenvalue weighted by Crippen LogP contribution is 2.05. The maximum absolute atomic E-state index is 12.1. The molecular formula is C13H19N7O3. The van der Waals surface area contributed by atoms with Crippen LogP contribution >= 0.6 is 0 Å². The van der Waals surface area contributed by atoms with Crippen LogP contribution in [0.5, 0.6) is 6.01 Å². The van der Waals surface area contributed by atoms with Crippen molar-refractivity contribution in [1.29, 1.82) is 0 Å². The van der Waals surface area contributed by atoms with E-state index in [1.54, 1.807) is 0 Å². The predicted molar refractivity (Wildman–Crippen MR) is 82.6 cm³/mol. The van der Waals surface area contributed by atoms with Gasteiger partial charge in [-0.2, -0.15) is 4.98 Å². The number of aryl methyl sites for hydroxylation is 1. The molecule has 124 valence electrons. The van der Waals surface area contributed by atoms with Gasteiger partial charge in [0.1, 0.15) is 6.61 Å². The lowest BCUT2D eigenvalue weighted by Crippen LogP contribution is -2.44. The standard InChI is InChI=1S/C13H19N7O3/c1-18-10-9(11(21)19(2)13(18)22)15-12(17-16-10)23-8-7-20-5-3-14-4-6-20/h14H,3-8H2,1-2H3. The van der Waals surface area contributed by atoms with Gasteiger partial charge in [0, 0.05) is 46.8 Å². The summed E-state index contributed by atoms with van der Waals surface area (Å²) in [4.78, 5) is 30.3. The zero-order valence-corrected chi connectivity index (χ0v) is 13.2. The van der Waals surface area contributed by atoms with Gasteiger partial charge < -0.3 is 10.1 Å². The topological polar surface area (TPSA) is 107 Å². The lowest BCUT2D eigenvalue weighted by molar-refractivity contribution is 0.184. The van der Waals surface area contributed by atoms with E-state index in [9.17, 15) is 9.59 Å². The Morgan fingerprint density at radius 1 is 1.13 bits per heavy atom. The quantitative estimate of drug-likeness (QED) is 0.670. The van der Waals surface area contributed by atoms with Gasteiger partial charge in [0.25, 0.3) is 5.56 Å². The van der Waals surface area contributed by atoms with Gasteiger partial charge >= 0.3 is 11.7 Å². The van der Waals surface area contributed by atoms with Gasteiger partial charge in [0.05, 0.1) is 0 Å². The van der Waals surface area contributed by atoms with Crippen LogP contribution in [-0.2, 0) is 14.1 Å². The number of fused-ring (bicyclic) bond motifs is 1. The van der Waals surface area contributed by atoms with Crippen molar-refractivity contribution in [3.63, 3.8) is 0 Å². The molecule has 0 unspecified atom stereocenters. The fourth-order valence-electron chi connectivity index (χ4n) is 2.50. The summed E-state index contributed by atoms with van der Waals surface area (Å²) in [7, 11) is 2.92. The molecule has 1 saturated heterocycles. The van der Waals surface area contributed by atoms with Crippen LogP contribution in [0.1, 0.15) is 0 Å². The van der Waals surface area contributed by atoms with Gasteiger partial charge in [-0.25, -0.2) is 4.79 Å². The van der Waals surface area contributed by atoms with Gasteiger partial charge in [-0.15, -0.1) is 5.10 Å². The summed E-state index contributed by atoms with van der Waals surface area (Å²) in [6.45, 7) is 5.06. The van der Waals surface area contributed by atoms with E-state index < -0.39 is 11.2 Å². The highest BCUT2D eigenvalue weighted by Gasteiger charge is 2.14. The van der Waals surface area contributed by atoms with Crippen molar-refractivity contribution in [2.24, 2.45) is 14.1 Å². The second-order valence-corrected chi connectivity index (χ2v) is 5.41. The minimum Gasteiger partial charge on any atom is -0.461 e. The molecule has 0 bridgehead atoms. The van der Waals surface area contributed by atoms with Crippen molar-refractivity contribution in [3.8, 4) is 6.01 Å². The Kier molecular flexibility index (Phi) is 4.35. The lowest BCUT2D eigenvalue weighted by atomic mass is 10.4. The average molecular weight is 321 g/mol. The Balaban J connectivity index is 1.77. The van der Waals surface area contributed by atoms with Crippen LogP contribution in [0, 0.1) is 0 Å². The van der Waals surface area contributed by atoms with E-state index in [1.165, 1.54) is 18.7 Å². The summed E-state index contributed by atoms with van der Waals surface area (Å²) in [6, 6.07) is 0.0448. The summed E-state index contributed by atoms with van der Waals surface area (Å²) in [6.07, 6.45) is 0. The molecule has 0 saturated carbocycles. The molecule has 0 aliphatic carbocycles. The zero-order valence-electron chi connectivity index (χ0n) is 13.2. The molecule has 1 N–H and O–H groups in total. The summed E-state index contributed by atoms with van der Waals surface area (Å²) >= 11 is 0. The third-order valence-corrected chi connectivity index (χ3v) is 3.90. The molecule has 2 aromatic rings. The lowest BCUT2D eigenvalue weighted by Gasteiger charge is -2.26. The van der Waals surface area contributed by atoms with E-state index in [0.717, 1.165) is 37.3 Å². The van der Waals surface area contributed by atoms with Gasteiger partial charge in [-0.3, -0.25) is 18.8 Å². The van der Waals surface area contributed by atoms with E-state index >= 15 is 0 Å². The van der Waals surface area contributed by atoms with E-state index in [4.69, 9.17) is 4.74 Å². The van der Waals surface area contributed by atoms with Gasteiger partial charge in [0.15, 0.2) is 11.2 Å². The summed E-state index contributed by atoms with van der Waals surface area (Å²) in [5, 5.41) is 11.0. The van der Waals surface area contributed by atoms with Crippen LogP contribution in [0.4, 0.5) is 0 Å². The molecule has 0 spiro atoms. The van der Waals surface area contributed by atoms with Gasteiger partial charge in [-0.1, -0.05) is 5.10 Å². The number of nitrogens with zero attached hydrogens (tertiary/aromatic N) is 6. The van der Waals surface area contributed by atoms with Gasteiger partial charge in [0.2, 0.25) is 0 Å². The monoisotopic (exact) mass is 321 g/mol. The first kappa shape index (κ1) is 15.6. The molecule has 0 radical (unpaired) electrons. The molecule has 10 heteroatoms. The zero-order chi connectivity index (χ0) is 16.4. The summed E-state index contributed by atoms with van der Waals surface area (Å²) in [5.41, 5.74) is -0.759. The Bertz CT molecular complexity index is 823. The summed E-state index contributed by atoms with van der Waals surface area (Å²) < 4.78 is 7.72. The van der Waals surface area contributed by atoms with Crippen molar-refractivity contribution in [3.05, 3.63) is 20.8 Å². The molecule has 10 nitrogen and oxygen atoms in total. The minimum absolute atomic E-state index is 0.0448. The second-order valence-electron chi connectivity index (χ2n) is 5.41. The average Bonchev–Trinajstić information content (AvgIpc) is 2.59. The first-order valence-corrected chi connectivity index (χ1v) is 7.44. The smallest absolute Gasteiger partial charge is 0.336 e. The maximum atomic E-state index is 12.1. The van der Waals surface area contributed by atoms with Crippen LogP contribution < -0.4 is 21.3 Å². The number of hydrogen-bond acceptors (Lipinski definition) is 8. The van der Waals surface area contributed by atoms with Crippen molar-refractivity contribution >= 4 is 11.2 Å². The Morgan fingerprint density at radius 3 is 2.61 bits per heavy atom. The highest BCUT2D eigenvalue weighted by molar-refractivity contribution is 5.67. The van der Waals surface area contributed by atoms with Crippen molar-refractivity contribution in [1.82, 2.24) is 34.5 Å². The van der Waals surface area contributed by atoms with E-state index in [-0.39, 0.29) is 17.2 Å². The fourth-order valence-corrected chi connectivity index (χ4v) is 2.50. The Morgan fingerprint density at radius 2 is 1.87 bits per heavy atom. The Hall–Kier alpha value is -2.33. The minimum atomic E-state index is -0.509. The third kappa shape index (κ3) is 3.08. The van der Waals surface area contributed by atoms with Crippen molar-refractivity contribution < 1.29 is 4.74 Å². The molecule has 1 aliphatic heterocycles. The predicted octanol–water partition coefficient (Wildman–Crippen LogP) is -2.29. The molecule has 1 aliphatic rings. The van der Waals surface area contributed by atoms with Crippen LogP contribution in [0.25, 0.3) is 11.2 Å². The van der Waals surface area contributed by atoms with E-state index in [2.05, 4.69) is 25.4 Å². The van der Waals surface area contributed by atoms with Crippen LogP contribution in [0.3, 0.4) is 0 Å². The van der Waals surface area contributed by atoms with Crippen molar-refractivity contribution in [2.75, 3.05) is 39.3 Å². The molecule has 0 aromatic carbocycles. The molecular weight excluding hydrogens is 302 g/mol. The molecule has 0 atom stereocenters. The van der Waals surface area contributed by atoms with Crippen molar-refractivity contribution in [2.45, 2.75) is 0 Å². The third-order valence-electron chi connectivity index (χ3n) is 3.90.